The average Bonchev–Trinajstić information content (AvgIpc) is 2.92. The zero-order chi connectivity index (χ0) is 26.6. The van der Waals surface area contributed by atoms with E-state index in [2.05, 4.69) is 15.3 Å². The second-order valence-corrected chi connectivity index (χ2v) is 9.13. The van der Waals surface area contributed by atoms with Crippen molar-refractivity contribution in [3.8, 4) is 11.5 Å². The number of aromatic nitrogens is 3. The number of aliphatic carboxylic acids is 1. The molecule has 5 rings (SSSR count). The molecule has 1 aromatic heterocycles. The predicted molar refractivity (Wildman–Crippen MR) is 148 cm³/mol. The average molecular weight is 525 g/mol. The molecule has 0 spiro atoms. The first-order valence-corrected chi connectivity index (χ1v) is 12.4. The maximum Gasteiger partial charge on any atom is 0.313 e. The van der Waals surface area contributed by atoms with Crippen LogP contribution in [-0.4, -0.2) is 48.1 Å². The van der Waals surface area contributed by atoms with Crippen LogP contribution in [0.25, 0.3) is 33.7 Å². The first-order valence-electron chi connectivity index (χ1n) is 11.4. The third-order valence-electron chi connectivity index (χ3n) is 5.77. The number of rotatable bonds is 7. The van der Waals surface area contributed by atoms with E-state index in [9.17, 15) is 19.8 Å². The van der Waals surface area contributed by atoms with Crippen LogP contribution in [0.1, 0.15) is 16.8 Å². The van der Waals surface area contributed by atoms with Crippen LogP contribution in [0.3, 0.4) is 0 Å². The van der Waals surface area contributed by atoms with Gasteiger partial charge in [-0.05, 0) is 45.8 Å². The summed E-state index contributed by atoms with van der Waals surface area (Å²) in [5, 5.41) is 45.5. The molecule has 10 heteroatoms. The molecule has 1 heterocycles. The Kier molecular flexibility index (Phi) is 6.88. The van der Waals surface area contributed by atoms with Gasteiger partial charge in [-0.15, -0.1) is 10.2 Å². The third-order valence-corrected chi connectivity index (χ3v) is 6.67. The molecule has 38 heavy (non-hydrogen) atoms. The number of thioether (sulfide) groups is 1. The van der Waals surface area contributed by atoms with Crippen LogP contribution in [-0.2, 0) is 4.79 Å². The minimum absolute atomic E-state index is 0.0291. The van der Waals surface area contributed by atoms with Gasteiger partial charge in [0.2, 0.25) is 5.16 Å². The van der Waals surface area contributed by atoms with Gasteiger partial charge < -0.3 is 15.3 Å². The van der Waals surface area contributed by atoms with Crippen LogP contribution in [0.2, 0.25) is 0 Å². The molecular formula is C28H20N4O5S. The molecule has 3 N–H and O–H groups in total. The molecule has 0 amide bonds. The molecule has 9 nitrogen and oxygen atoms in total. The minimum atomic E-state index is -1.10. The highest BCUT2D eigenvalue weighted by molar-refractivity contribution is 7.99. The van der Waals surface area contributed by atoms with E-state index in [1.54, 1.807) is 24.3 Å². The van der Waals surface area contributed by atoms with E-state index in [1.165, 1.54) is 18.4 Å². The van der Waals surface area contributed by atoms with Crippen molar-refractivity contribution in [3.05, 3.63) is 100.0 Å². The Bertz CT molecular complexity index is 1810. The molecule has 0 unspecified atom stereocenters. The van der Waals surface area contributed by atoms with Crippen LogP contribution < -0.4 is 5.56 Å². The summed E-state index contributed by atoms with van der Waals surface area (Å²) in [6.07, 6.45) is 4.32. The summed E-state index contributed by atoms with van der Waals surface area (Å²) >= 11 is 0.789. The lowest BCUT2D eigenvalue weighted by Gasteiger charge is -2.08. The van der Waals surface area contributed by atoms with Gasteiger partial charge in [-0.2, -0.15) is 9.78 Å². The highest BCUT2D eigenvalue weighted by Gasteiger charge is 2.14. The Labute approximate surface area is 220 Å². The van der Waals surface area contributed by atoms with Gasteiger partial charge in [0.05, 0.1) is 12.0 Å². The fraction of sp³-hybridized carbons (Fsp3) is 0.0357. The molecule has 0 atom stereocenters. The molecule has 0 fully saturated rings. The number of phenols is 2. The summed E-state index contributed by atoms with van der Waals surface area (Å²) < 4.78 is 0.949. The topological polar surface area (TPSA) is 138 Å². The lowest BCUT2D eigenvalue weighted by molar-refractivity contribution is -0.133. The highest BCUT2D eigenvalue weighted by Crippen LogP contribution is 2.29. The number of carboxylic acids is 1. The number of carboxylic acid groups (broad SMARTS) is 1. The van der Waals surface area contributed by atoms with E-state index in [1.807, 2.05) is 48.5 Å². The predicted octanol–water partition coefficient (Wildman–Crippen LogP) is 4.59. The number of nitrogens with zero attached hydrogens (tertiary/aromatic N) is 4. The van der Waals surface area contributed by atoms with Crippen molar-refractivity contribution < 1.29 is 20.1 Å². The molecule has 0 radical (unpaired) electrons. The monoisotopic (exact) mass is 524 g/mol. The molecule has 188 valence electrons. The Balaban J connectivity index is 1.60. The standard InChI is InChI=1S/C28H20N4O5S/c33-24-13-9-17-5-1-3-7-19(17)21(24)11-12-23-27(37)32(28(31-30-23)38-16-26(35)36)29-15-22-20-8-4-2-6-18(20)10-14-25(22)34/h1-15,33-34H,16H2,(H,35,36)/b12-11+,29-15+. The van der Waals surface area contributed by atoms with Gasteiger partial charge in [-0.3, -0.25) is 9.59 Å². The van der Waals surface area contributed by atoms with Gasteiger partial charge in [0, 0.05) is 11.1 Å². The van der Waals surface area contributed by atoms with Crippen LogP contribution in [0.5, 0.6) is 11.5 Å². The summed E-state index contributed by atoms with van der Waals surface area (Å²) in [6.45, 7) is 0. The number of benzene rings is 4. The Hall–Kier alpha value is -4.96. The van der Waals surface area contributed by atoms with Crippen molar-refractivity contribution in [2.75, 3.05) is 5.75 Å². The molecule has 0 bridgehead atoms. The molecule has 0 aliphatic heterocycles. The van der Waals surface area contributed by atoms with Crippen LogP contribution in [0.15, 0.2) is 87.8 Å². The smallest absolute Gasteiger partial charge is 0.313 e. The Morgan fingerprint density at radius 3 is 2.11 bits per heavy atom. The normalized spacial score (nSPS) is 11.7. The van der Waals surface area contributed by atoms with Gasteiger partial charge >= 0.3 is 11.5 Å². The van der Waals surface area contributed by atoms with Gasteiger partial charge in [-0.1, -0.05) is 72.4 Å². The number of aromatic hydroxyl groups is 2. The van der Waals surface area contributed by atoms with Gasteiger partial charge in [-0.25, -0.2) is 0 Å². The lowest BCUT2D eigenvalue weighted by atomic mass is 10.0. The van der Waals surface area contributed by atoms with Gasteiger partial charge in [0.25, 0.3) is 0 Å². The molecule has 0 aliphatic carbocycles. The molecular weight excluding hydrogens is 504 g/mol. The number of fused-ring (bicyclic) bond motifs is 2. The first-order chi connectivity index (χ1) is 18.4. The summed E-state index contributed by atoms with van der Waals surface area (Å²) in [7, 11) is 0. The van der Waals surface area contributed by atoms with E-state index in [0.717, 1.165) is 38.0 Å². The first kappa shape index (κ1) is 24.7. The second kappa shape index (κ2) is 10.6. The Morgan fingerprint density at radius 1 is 0.842 bits per heavy atom. The van der Waals surface area contributed by atoms with Crippen molar-refractivity contribution in [2.24, 2.45) is 5.10 Å². The summed E-state index contributed by atoms with van der Waals surface area (Å²) in [5.41, 5.74) is 0.166. The van der Waals surface area contributed by atoms with E-state index < -0.39 is 11.5 Å². The Morgan fingerprint density at radius 2 is 1.45 bits per heavy atom. The number of carbonyl (C=O) groups is 1. The van der Waals surface area contributed by atoms with E-state index in [0.29, 0.717) is 11.1 Å². The fourth-order valence-corrected chi connectivity index (χ4v) is 4.56. The molecule has 5 aromatic rings. The SMILES string of the molecule is O=C(O)CSc1nnc(/C=C/c2c(O)ccc3ccccc23)c(=O)n1/N=C/c1c(O)ccc2ccccc12. The van der Waals surface area contributed by atoms with Gasteiger partial charge in [0.1, 0.15) is 11.5 Å². The fourth-order valence-electron chi connectivity index (χ4n) is 3.96. The van der Waals surface area contributed by atoms with Crippen LogP contribution in [0, 0.1) is 0 Å². The van der Waals surface area contributed by atoms with Gasteiger partial charge in [0.15, 0.2) is 5.69 Å². The maximum atomic E-state index is 13.4. The number of hydrogen-bond donors (Lipinski definition) is 3. The van der Waals surface area contributed by atoms with Crippen molar-refractivity contribution in [1.29, 1.82) is 0 Å². The van der Waals surface area contributed by atoms with Crippen LogP contribution >= 0.6 is 11.8 Å². The minimum Gasteiger partial charge on any atom is -0.507 e. The molecule has 0 aliphatic rings. The summed E-state index contributed by atoms with van der Waals surface area (Å²) in [4.78, 5) is 24.5. The second-order valence-electron chi connectivity index (χ2n) is 8.18. The van der Waals surface area contributed by atoms with E-state index in [4.69, 9.17) is 5.11 Å². The quantitative estimate of drug-likeness (QED) is 0.208. The summed E-state index contributed by atoms with van der Waals surface area (Å²) in [5.74, 6) is -1.45. The van der Waals surface area contributed by atoms with Crippen molar-refractivity contribution in [3.63, 3.8) is 0 Å². The molecule has 0 saturated heterocycles. The van der Waals surface area contributed by atoms with Crippen molar-refractivity contribution in [1.82, 2.24) is 14.9 Å². The largest absolute Gasteiger partial charge is 0.507 e. The van der Waals surface area contributed by atoms with E-state index in [-0.39, 0.29) is 28.1 Å². The zero-order valence-corrected chi connectivity index (χ0v) is 20.5. The summed E-state index contributed by atoms with van der Waals surface area (Å²) in [6, 6.07) is 21.5. The van der Waals surface area contributed by atoms with Crippen molar-refractivity contribution in [2.45, 2.75) is 5.16 Å². The van der Waals surface area contributed by atoms with Crippen LogP contribution in [0.4, 0.5) is 0 Å². The lowest BCUT2D eigenvalue weighted by Crippen LogP contribution is -2.24. The third kappa shape index (κ3) is 4.97. The number of phenolic OH excluding ortho intramolecular Hbond substituents is 2. The maximum absolute atomic E-state index is 13.4. The van der Waals surface area contributed by atoms with Crippen molar-refractivity contribution >= 4 is 57.6 Å². The van der Waals surface area contributed by atoms with E-state index >= 15 is 0 Å². The number of hydrogen-bond acceptors (Lipinski definition) is 8. The molecule has 4 aromatic carbocycles. The highest BCUT2D eigenvalue weighted by atomic mass is 32.2. The zero-order valence-electron chi connectivity index (χ0n) is 19.7. The molecule has 0 saturated carbocycles.